The molecule has 1 amide bonds. The zero-order chi connectivity index (χ0) is 14.4. The summed E-state index contributed by atoms with van der Waals surface area (Å²) >= 11 is 9.42. The molecule has 106 valence electrons. The van der Waals surface area contributed by atoms with Gasteiger partial charge in [-0.05, 0) is 41.5 Å². The zero-order valence-corrected chi connectivity index (χ0v) is 12.9. The zero-order valence-electron chi connectivity index (χ0n) is 10.6. The number of halogens is 2. The number of aromatic nitrogens is 4. The van der Waals surface area contributed by atoms with E-state index < -0.39 is 0 Å². The normalized spacial score (nSPS) is 10.5. The summed E-state index contributed by atoms with van der Waals surface area (Å²) in [6.07, 6.45) is 3.75. The minimum absolute atomic E-state index is 0.0540. The first-order valence-corrected chi connectivity index (χ1v) is 7.59. The highest BCUT2D eigenvalue weighted by Crippen LogP contribution is 2.24. The lowest BCUT2D eigenvalue weighted by Crippen LogP contribution is -2.12. The van der Waals surface area contributed by atoms with Gasteiger partial charge >= 0.3 is 0 Å². The van der Waals surface area contributed by atoms with Gasteiger partial charge < -0.3 is 5.32 Å². The third kappa shape index (κ3) is 4.01. The van der Waals surface area contributed by atoms with Crippen LogP contribution in [0.4, 0.5) is 5.69 Å². The summed E-state index contributed by atoms with van der Waals surface area (Å²) in [6.45, 7) is 0. The number of benzene rings is 1. The second-order valence-corrected chi connectivity index (χ2v) is 5.31. The number of nitrogens with one attached hydrogen (secondary N) is 1. The summed E-state index contributed by atoms with van der Waals surface area (Å²) in [6, 6.07) is 5.22. The van der Waals surface area contributed by atoms with Crippen LogP contribution in [0.25, 0.3) is 5.69 Å². The summed E-state index contributed by atoms with van der Waals surface area (Å²) < 4.78 is 1.50. The number of alkyl halides is 1. The number of hydrogen-bond donors (Lipinski definition) is 1. The van der Waals surface area contributed by atoms with Crippen LogP contribution >= 0.6 is 27.5 Å². The summed E-state index contributed by atoms with van der Waals surface area (Å²) in [4.78, 5) is 11.8. The Morgan fingerprint density at radius 2 is 2.25 bits per heavy atom. The summed E-state index contributed by atoms with van der Waals surface area (Å²) in [7, 11) is 0. The first kappa shape index (κ1) is 14.9. The molecule has 0 bridgehead atoms. The highest BCUT2D eigenvalue weighted by Gasteiger charge is 2.08. The van der Waals surface area contributed by atoms with Crippen molar-refractivity contribution in [2.75, 3.05) is 10.6 Å². The Hall–Kier alpha value is -1.47. The van der Waals surface area contributed by atoms with Crippen LogP contribution in [0.5, 0.6) is 0 Å². The van der Waals surface area contributed by atoms with E-state index in [0.29, 0.717) is 17.1 Å². The van der Waals surface area contributed by atoms with E-state index in [9.17, 15) is 4.79 Å². The molecule has 1 aromatic heterocycles. The van der Waals surface area contributed by atoms with E-state index in [1.54, 1.807) is 18.2 Å². The lowest BCUT2D eigenvalue weighted by Gasteiger charge is -2.09. The van der Waals surface area contributed by atoms with E-state index in [0.717, 1.165) is 23.9 Å². The van der Waals surface area contributed by atoms with E-state index in [1.807, 2.05) is 0 Å². The van der Waals surface area contributed by atoms with Crippen molar-refractivity contribution in [3.63, 3.8) is 0 Å². The number of amides is 1. The third-order valence-electron chi connectivity index (χ3n) is 2.63. The van der Waals surface area contributed by atoms with Crippen molar-refractivity contribution in [2.24, 2.45) is 0 Å². The van der Waals surface area contributed by atoms with E-state index in [-0.39, 0.29) is 5.91 Å². The Kier molecular flexibility index (Phi) is 5.49. The van der Waals surface area contributed by atoms with Crippen LogP contribution in [0.1, 0.15) is 19.3 Å². The molecule has 0 radical (unpaired) electrons. The lowest BCUT2D eigenvalue weighted by atomic mass is 10.2. The Morgan fingerprint density at radius 1 is 1.40 bits per heavy atom. The standard InChI is InChI=1S/C12H13BrClN5O/c13-6-2-1-3-12(20)16-11-7-9(4-5-10(11)14)19-8-15-17-18-19/h4-5,7-8H,1-3,6H2,(H,16,20). The van der Waals surface area contributed by atoms with Gasteiger partial charge in [0.25, 0.3) is 0 Å². The van der Waals surface area contributed by atoms with Gasteiger partial charge in [0.05, 0.1) is 16.4 Å². The molecule has 0 unspecified atom stereocenters. The summed E-state index contributed by atoms with van der Waals surface area (Å²) in [5.74, 6) is -0.0540. The smallest absolute Gasteiger partial charge is 0.224 e. The van der Waals surface area contributed by atoms with Gasteiger partial charge in [-0.25, -0.2) is 4.68 Å². The Bertz CT molecular complexity index is 575. The first-order valence-electron chi connectivity index (χ1n) is 6.09. The van der Waals surface area contributed by atoms with Gasteiger partial charge in [-0.1, -0.05) is 27.5 Å². The highest BCUT2D eigenvalue weighted by atomic mass is 79.9. The van der Waals surface area contributed by atoms with E-state index in [1.165, 1.54) is 11.0 Å². The van der Waals surface area contributed by atoms with E-state index in [2.05, 4.69) is 36.8 Å². The minimum atomic E-state index is -0.0540. The minimum Gasteiger partial charge on any atom is -0.325 e. The predicted octanol–water partition coefficient (Wildman–Crippen LogP) is 2.82. The van der Waals surface area contributed by atoms with Crippen LogP contribution in [0.15, 0.2) is 24.5 Å². The maximum absolute atomic E-state index is 11.8. The van der Waals surface area contributed by atoms with Crippen LogP contribution in [-0.4, -0.2) is 31.4 Å². The van der Waals surface area contributed by atoms with Crippen molar-refractivity contribution in [1.82, 2.24) is 20.2 Å². The second kappa shape index (κ2) is 7.35. The largest absolute Gasteiger partial charge is 0.325 e. The average Bonchev–Trinajstić information content (AvgIpc) is 2.95. The van der Waals surface area contributed by atoms with Gasteiger partial charge in [-0.2, -0.15) is 0 Å². The van der Waals surface area contributed by atoms with E-state index >= 15 is 0 Å². The van der Waals surface area contributed by atoms with Crippen LogP contribution in [0, 0.1) is 0 Å². The molecule has 6 nitrogen and oxygen atoms in total. The van der Waals surface area contributed by atoms with Gasteiger partial charge in [0.15, 0.2) is 0 Å². The van der Waals surface area contributed by atoms with Gasteiger partial charge in [-0.3, -0.25) is 4.79 Å². The van der Waals surface area contributed by atoms with Crippen molar-refractivity contribution >= 4 is 39.1 Å². The van der Waals surface area contributed by atoms with Crippen molar-refractivity contribution < 1.29 is 4.79 Å². The Balaban J connectivity index is 2.07. The third-order valence-corrected chi connectivity index (χ3v) is 3.52. The molecule has 0 saturated heterocycles. The molecule has 0 atom stereocenters. The topological polar surface area (TPSA) is 72.7 Å². The van der Waals surface area contributed by atoms with Crippen LogP contribution in [-0.2, 0) is 4.79 Å². The fourth-order valence-corrected chi connectivity index (χ4v) is 2.19. The molecule has 2 aromatic rings. The molecule has 0 fully saturated rings. The summed E-state index contributed by atoms with van der Waals surface area (Å²) in [5, 5.41) is 15.1. The molecule has 8 heteroatoms. The SMILES string of the molecule is O=C(CCCCBr)Nc1cc(-n2cnnn2)ccc1Cl. The highest BCUT2D eigenvalue weighted by molar-refractivity contribution is 9.09. The molecule has 0 saturated carbocycles. The molecule has 2 rings (SSSR count). The molecule has 0 aliphatic rings. The molecule has 0 spiro atoms. The lowest BCUT2D eigenvalue weighted by molar-refractivity contribution is -0.116. The molecule has 20 heavy (non-hydrogen) atoms. The van der Waals surface area contributed by atoms with Crippen molar-refractivity contribution in [1.29, 1.82) is 0 Å². The number of anilines is 1. The first-order chi connectivity index (χ1) is 9.70. The Morgan fingerprint density at radius 3 is 2.95 bits per heavy atom. The fraction of sp³-hybridized carbons (Fsp3) is 0.333. The number of hydrogen-bond acceptors (Lipinski definition) is 4. The fourth-order valence-electron chi connectivity index (χ4n) is 1.62. The number of tetrazole rings is 1. The molecule has 1 aromatic carbocycles. The summed E-state index contributed by atoms with van der Waals surface area (Å²) in [5.41, 5.74) is 1.29. The van der Waals surface area contributed by atoms with Crippen molar-refractivity contribution in [3.05, 3.63) is 29.5 Å². The number of carbonyl (C=O) groups is 1. The van der Waals surface area contributed by atoms with E-state index in [4.69, 9.17) is 11.6 Å². The van der Waals surface area contributed by atoms with Gasteiger partial charge in [0.2, 0.25) is 5.91 Å². The molecular formula is C12H13BrClN5O. The molecule has 1 heterocycles. The monoisotopic (exact) mass is 357 g/mol. The second-order valence-electron chi connectivity index (χ2n) is 4.11. The number of rotatable bonds is 6. The number of carbonyl (C=O) groups excluding carboxylic acids is 1. The molecule has 0 aliphatic carbocycles. The molecule has 1 N–H and O–H groups in total. The van der Waals surface area contributed by atoms with Gasteiger partial charge in [-0.15, -0.1) is 5.10 Å². The molecule has 0 aliphatic heterocycles. The molecular weight excluding hydrogens is 346 g/mol. The number of nitrogens with zero attached hydrogens (tertiary/aromatic N) is 4. The van der Waals surface area contributed by atoms with Crippen LogP contribution in [0.3, 0.4) is 0 Å². The van der Waals surface area contributed by atoms with Crippen molar-refractivity contribution in [3.8, 4) is 5.69 Å². The maximum Gasteiger partial charge on any atom is 0.224 e. The van der Waals surface area contributed by atoms with Gasteiger partial charge in [0, 0.05) is 11.8 Å². The van der Waals surface area contributed by atoms with Crippen LogP contribution in [0.2, 0.25) is 5.02 Å². The van der Waals surface area contributed by atoms with Crippen LogP contribution < -0.4 is 5.32 Å². The predicted molar refractivity (Wildman–Crippen MR) is 80.4 cm³/mol. The van der Waals surface area contributed by atoms with Gasteiger partial charge in [0.1, 0.15) is 6.33 Å². The maximum atomic E-state index is 11.8. The Labute approximate surface area is 129 Å². The quantitative estimate of drug-likeness (QED) is 0.636. The van der Waals surface area contributed by atoms with Crippen molar-refractivity contribution in [2.45, 2.75) is 19.3 Å². The average molecular weight is 359 g/mol. The number of unbranched alkanes of at least 4 members (excludes halogenated alkanes) is 1.